The molecule has 0 radical (unpaired) electrons. The highest BCUT2D eigenvalue weighted by Gasteiger charge is 2.03. The lowest BCUT2D eigenvalue weighted by Crippen LogP contribution is -2.06. The predicted molar refractivity (Wildman–Crippen MR) is 47.0 cm³/mol. The Morgan fingerprint density at radius 2 is 2.20 bits per heavy atom. The Bertz CT molecular complexity index is 136. The molecular formula is C8H16N2. The summed E-state index contributed by atoms with van der Waals surface area (Å²) in [5.74, 6) is 1.44. The van der Waals surface area contributed by atoms with Gasteiger partial charge in [0.1, 0.15) is 5.84 Å². The highest BCUT2D eigenvalue weighted by atomic mass is 14.9. The largest absolute Gasteiger partial charge is 0.274 e. The second-order valence-electron chi connectivity index (χ2n) is 2.28. The maximum absolute atomic E-state index is 4.14. The molecule has 0 aromatic rings. The van der Waals surface area contributed by atoms with Gasteiger partial charge in [-0.15, -0.1) is 0 Å². The van der Waals surface area contributed by atoms with Crippen molar-refractivity contribution in [3.63, 3.8) is 0 Å². The Hall–Kier alpha value is -0.660. The van der Waals surface area contributed by atoms with Crippen molar-refractivity contribution in [3.05, 3.63) is 0 Å². The van der Waals surface area contributed by atoms with Gasteiger partial charge < -0.3 is 0 Å². The highest BCUT2D eigenvalue weighted by Crippen LogP contribution is 2.03. The van der Waals surface area contributed by atoms with Crippen LogP contribution < -0.4 is 0 Å². The van der Waals surface area contributed by atoms with Crippen molar-refractivity contribution in [2.45, 2.75) is 27.2 Å². The zero-order chi connectivity index (χ0) is 7.98. The molecule has 10 heavy (non-hydrogen) atoms. The summed E-state index contributed by atoms with van der Waals surface area (Å²) in [6, 6.07) is 0. The van der Waals surface area contributed by atoms with Gasteiger partial charge in [0.15, 0.2) is 0 Å². The highest BCUT2D eigenvalue weighted by molar-refractivity contribution is 5.90. The van der Waals surface area contributed by atoms with Crippen molar-refractivity contribution >= 4 is 12.1 Å². The number of hydrogen-bond acceptors (Lipinski definition) is 1. The first-order valence-corrected chi connectivity index (χ1v) is 3.71. The summed E-state index contributed by atoms with van der Waals surface area (Å²) >= 11 is 0. The standard InChI is InChI=1S/C8H16N2/c1-5-7(3)8(9-4)10-6-2/h6-7H,5H2,1-4H3/b9-8-,10-6+. The van der Waals surface area contributed by atoms with E-state index in [2.05, 4.69) is 23.8 Å². The van der Waals surface area contributed by atoms with E-state index in [1.54, 1.807) is 13.3 Å². The molecule has 0 saturated carbocycles. The molecule has 0 aliphatic carbocycles. The van der Waals surface area contributed by atoms with Crippen LogP contribution >= 0.6 is 0 Å². The van der Waals surface area contributed by atoms with E-state index in [-0.39, 0.29) is 0 Å². The van der Waals surface area contributed by atoms with Crippen LogP contribution in [0.2, 0.25) is 0 Å². The Balaban J connectivity index is 4.08. The second-order valence-corrected chi connectivity index (χ2v) is 2.28. The number of aliphatic imine (C=N–C) groups is 2. The van der Waals surface area contributed by atoms with E-state index in [0.717, 1.165) is 12.3 Å². The number of amidine groups is 1. The van der Waals surface area contributed by atoms with Crippen LogP contribution in [0.1, 0.15) is 27.2 Å². The van der Waals surface area contributed by atoms with Crippen molar-refractivity contribution in [2.24, 2.45) is 15.9 Å². The van der Waals surface area contributed by atoms with Gasteiger partial charge in [-0.25, -0.2) is 4.99 Å². The summed E-state index contributed by atoms with van der Waals surface area (Å²) in [7, 11) is 1.79. The van der Waals surface area contributed by atoms with E-state index in [1.165, 1.54) is 0 Å². The third kappa shape index (κ3) is 2.76. The van der Waals surface area contributed by atoms with Gasteiger partial charge in [-0.2, -0.15) is 0 Å². The second kappa shape index (κ2) is 5.15. The van der Waals surface area contributed by atoms with E-state index in [0.29, 0.717) is 5.92 Å². The zero-order valence-electron chi connectivity index (χ0n) is 7.26. The fourth-order valence-corrected chi connectivity index (χ4v) is 0.720. The monoisotopic (exact) mass is 140 g/mol. The molecule has 58 valence electrons. The van der Waals surface area contributed by atoms with Crippen LogP contribution in [0.5, 0.6) is 0 Å². The molecule has 0 fully saturated rings. The van der Waals surface area contributed by atoms with Crippen molar-refractivity contribution in [2.75, 3.05) is 7.05 Å². The molecular weight excluding hydrogens is 124 g/mol. The lowest BCUT2D eigenvalue weighted by atomic mass is 10.1. The van der Waals surface area contributed by atoms with Gasteiger partial charge in [-0.3, -0.25) is 4.99 Å². The van der Waals surface area contributed by atoms with E-state index >= 15 is 0 Å². The third-order valence-corrected chi connectivity index (χ3v) is 1.54. The lowest BCUT2D eigenvalue weighted by molar-refractivity contribution is 0.731. The maximum atomic E-state index is 4.14. The van der Waals surface area contributed by atoms with E-state index in [1.807, 2.05) is 6.92 Å². The van der Waals surface area contributed by atoms with Crippen molar-refractivity contribution in [3.8, 4) is 0 Å². The van der Waals surface area contributed by atoms with Crippen LogP contribution in [0.25, 0.3) is 0 Å². The maximum Gasteiger partial charge on any atom is 0.125 e. The SMILES string of the molecule is C/C=N/C(=N\C)C(C)CC. The zero-order valence-corrected chi connectivity index (χ0v) is 7.26. The Kier molecular flexibility index (Phi) is 4.81. The molecule has 0 spiro atoms. The average molecular weight is 140 g/mol. The van der Waals surface area contributed by atoms with Crippen LogP contribution in [0, 0.1) is 5.92 Å². The molecule has 0 rings (SSSR count). The Morgan fingerprint density at radius 3 is 2.50 bits per heavy atom. The van der Waals surface area contributed by atoms with Gasteiger partial charge in [-0.1, -0.05) is 13.8 Å². The molecule has 1 unspecified atom stereocenters. The summed E-state index contributed by atoms with van der Waals surface area (Å²) in [5, 5.41) is 0. The summed E-state index contributed by atoms with van der Waals surface area (Å²) in [6.07, 6.45) is 2.89. The molecule has 2 nitrogen and oxygen atoms in total. The minimum absolute atomic E-state index is 0.487. The lowest BCUT2D eigenvalue weighted by Gasteiger charge is -2.05. The molecule has 0 aliphatic rings. The average Bonchev–Trinajstić information content (AvgIpc) is 1.99. The summed E-state index contributed by atoms with van der Waals surface area (Å²) in [4.78, 5) is 8.21. The minimum atomic E-state index is 0.487. The summed E-state index contributed by atoms with van der Waals surface area (Å²) in [6.45, 7) is 6.18. The quantitative estimate of drug-likeness (QED) is 0.415. The fraction of sp³-hybridized carbons (Fsp3) is 0.750. The van der Waals surface area contributed by atoms with E-state index in [9.17, 15) is 0 Å². The molecule has 2 heteroatoms. The number of rotatable bonds is 2. The summed E-state index contributed by atoms with van der Waals surface area (Å²) in [5.41, 5.74) is 0. The molecule has 0 saturated heterocycles. The first-order chi connectivity index (χ1) is 4.76. The molecule has 0 aliphatic heterocycles. The third-order valence-electron chi connectivity index (χ3n) is 1.54. The first kappa shape index (κ1) is 9.34. The normalized spacial score (nSPS) is 16.2. The van der Waals surface area contributed by atoms with Crippen LogP contribution in [0.15, 0.2) is 9.98 Å². The van der Waals surface area contributed by atoms with Crippen LogP contribution in [0.4, 0.5) is 0 Å². The van der Waals surface area contributed by atoms with Crippen molar-refractivity contribution in [1.29, 1.82) is 0 Å². The van der Waals surface area contributed by atoms with Gasteiger partial charge in [0.2, 0.25) is 0 Å². The summed E-state index contributed by atoms with van der Waals surface area (Å²) < 4.78 is 0. The first-order valence-electron chi connectivity index (χ1n) is 3.71. The van der Waals surface area contributed by atoms with Crippen molar-refractivity contribution < 1.29 is 0 Å². The van der Waals surface area contributed by atoms with E-state index < -0.39 is 0 Å². The Morgan fingerprint density at radius 1 is 1.60 bits per heavy atom. The molecule has 0 aromatic heterocycles. The molecule has 0 heterocycles. The van der Waals surface area contributed by atoms with Crippen LogP contribution in [-0.2, 0) is 0 Å². The predicted octanol–water partition coefficient (Wildman–Crippen LogP) is 2.15. The van der Waals surface area contributed by atoms with Gasteiger partial charge in [0.05, 0.1) is 0 Å². The number of nitrogens with zero attached hydrogens (tertiary/aromatic N) is 2. The fourth-order valence-electron chi connectivity index (χ4n) is 0.720. The van der Waals surface area contributed by atoms with Crippen LogP contribution in [-0.4, -0.2) is 19.1 Å². The van der Waals surface area contributed by atoms with Gasteiger partial charge in [0.25, 0.3) is 0 Å². The molecule has 1 atom stereocenters. The molecule has 0 N–H and O–H groups in total. The molecule has 0 bridgehead atoms. The Labute approximate surface area is 63.1 Å². The van der Waals surface area contributed by atoms with Crippen molar-refractivity contribution in [1.82, 2.24) is 0 Å². The topological polar surface area (TPSA) is 24.7 Å². The van der Waals surface area contributed by atoms with E-state index in [4.69, 9.17) is 0 Å². The molecule has 0 amide bonds. The van der Waals surface area contributed by atoms with Gasteiger partial charge in [0, 0.05) is 19.2 Å². The van der Waals surface area contributed by atoms with Gasteiger partial charge in [-0.05, 0) is 13.3 Å². The minimum Gasteiger partial charge on any atom is -0.274 e. The number of hydrogen-bond donors (Lipinski definition) is 0. The van der Waals surface area contributed by atoms with Crippen LogP contribution in [0.3, 0.4) is 0 Å². The molecule has 0 aromatic carbocycles. The smallest absolute Gasteiger partial charge is 0.125 e. The van der Waals surface area contributed by atoms with Gasteiger partial charge >= 0.3 is 0 Å².